The fourth-order valence-electron chi connectivity index (χ4n) is 2.90. The highest BCUT2D eigenvalue weighted by Crippen LogP contribution is 2.28. The summed E-state index contributed by atoms with van der Waals surface area (Å²) in [6.45, 7) is 3.24. The van der Waals surface area contributed by atoms with Crippen molar-refractivity contribution in [1.29, 1.82) is 0 Å². The molecule has 5 heteroatoms. The van der Waals surface area contributed by atoms with Crippen LogP contribution in [0, 0.1) is 0 Å². The molecular weight excluding hydrogens is 280 g/mol. The molecule has 1 aliphatic heterocycles. The Balaban J connectivity index is 1.49. The number of hydrogen-bond acceptors (Lipinski definition) is 5. The first-order chi connectivity index (χ1) is 10.4. The molecule has 0 atom stereocenters. The van der Waals surface area contributed by atoms with Crippen LogP contribution in [0.25, 0.3) is 0 Å². The Bertz CT molecular complexity index is 607. The van der Waals surface area contributed by atoms with E-state index in [1.165, 1.54) is 29.0 Å². The van der Waals surface area contributed by atoms with Crippen molar-refractivity contribution in [3.8, 4) is 0 Å². The Morgan fingerprint density at radius 3 is 2.95 bits per heavy atom. The zero-order valence-electron chi connectivity index (χ0n) is 12.1. The lowest BCUT2D eigenvalue weighted by atomic mass is 10.1. The second-order valence-corrected chi connectivity index (χ2v) is 6.95. The fraction of sp³-hybridized carbons (Fsp3) is 0.500. The third kappa shape index (κ3) is 3.09. The number of aromatic nitrogens is 2. The van der Waals surface area contributed by atoms with Gasteiger partial charge in [0.25, 0.3) is 0 Å². The van der Waals surface area contributed by atoms with Crippen molar-refractivity contribution in [1.82, 2.24) is 14.9 Å². The molecule has 1 saturated carbocycles. The largest absolute Gasteiger partial charge is 0.367 e. The molecule has 3 heterocycles. The van der Waals surface area contributed by atoms with Gasteiger partial charge in [-0.2, -0.15) is 0 Å². The van der Waals surface area contributed by atoms with Crippen LogP contribution in [0.5, 0.6) is 0 Å². The first-order valence-corrected chi connectivity index (χ1v) is 8.60. The van der Waals surface area contributed by atoms with Crippen molar-refractivity contribution >= 4 is 17.2 Å². The van der Waals surface area contributed by atoms with E-state index >= 15 is 0 Å². The molecule has 0 aromatic carbocycles. The van der Waals surface area contributed by atoms with Crippen molar-refractivity contribution < 1.29 is 0 Å². The number of hydrogen-bond donors (Lipinski definition) is 1. The number of fused-ring (bicyclic) bond motifs is 1. The van der Waals surface area contributed by atoms with Gasteiger partial charge in [0, 0.05) is 42.5 Å². The lowest BCUT2D eigenvalue weighted by Crippen LogP contribution is -2.25. The van der Waals surface area contributed by atoms with Gasteiger partial charge < -0.3 is 5.32 Å². The number of rotatable bonds is 4. The predicted molar refractivity (Wildman–Crippen MR) is 85.7 cm³/mol. The molecule has 0 spiro atoms. The molecule has 1 fully saturated rings. The van der Waals surface area contributed by atoms with Gasteiger partial charge in [-0.3, -0.25) is 4.90 Å². The normalized spacial score (nSPS) is 19.0. The van der Waals surface area contributed by atoms with Crippen LogP contribution >= 0.6 is 11.3 Å². The molecular formula is C16H20N4S. The quantitative estimate of drug-likeness (QED) is 0.942. The molecule has 1 N–H and O–H groups in total. The van der Waals surface area contributed by atoms with Gasteiger partial charge >= 0.3 is 0 Å². The van der Waals surface area contributed by atoms with E-state index in [-0.39, 0.29) is 0 Å². The molecule has 0 saturated heterocycles. The zero-order valence-corrected chi connectivity index (χ0v) is 12.9. The van der Waals surface area contributed by atoms with Gasteiger partial charge in [0.05, 0.1) is 5.69 Å². The molecule has 1 aliphatic carbocycles. The Morgan fingerprint density at radius 2 is 2.14 bits per heavy atom. The van der Waals surface area contributed by atoms with Gasteiger partial charge in [-0.25, -0.2) is 9.97 Å². The first-order valence-electron chi connectivity index (χ1n) is 7.72. The third-order valence-electron chi connectivity index (χ3n) is 4.26. The maximum absolute atomic E-state index is 4.52. The Kier molecular flexibility index (Phi) is 3.61. The van der Waals surface area contributed by atoms with Crippen molar-refractivity contribution in [2.24, 2.45) is 0 Å². The van der Waals surface area contributed by atoms with Crippen molar-refractivity contribution in [2.75, 3.05) is 18.4 Å². The average Bonchev–Trinajstić information content (AvgIpc) is 3.21. The van der Waals surface area contributed by atoms with Gasteiger partial charge in [0.2, 0.25) is 0 Å². The molecule has 0 unspecified atom stereocenters. The van der Waals surface area contributed by atoms with Crippen molar-refractivity contribution in [3.63, 3.8) is 0 Å². The molecule has 0 bridgehead atoms. The monoisotopic (exact) mass is 300 g/mol. The maximum atomic E-state index is 4.52. The van der Waals surface area contributed by atoms with Gasteiger partial charge in [0.1, 0.15) is 12.1 Å². The van der Waals surface area contributed by atoms with Crippen molar-refractivity contribution in [3.05, 3.63) is 40.0 Å². The van der Waals surface area contributed by atoms with Crippen LogP contribution in [-0.4, -0.2) is 34.0 Å². The van der Waals surface area contributed by atoms with E-state index in [1.54, 1.807) is 6.33 Å². The molecule has 4 nitrogen and oxygen atoms in total. The lowest BCUT2D eigenvalue weighted by Gasteiger charge is -2.18. The summed E-state index contributed by atoms with van der Waals surface area (Å²) in [4.78, 5) is 13.0. The summed E-state index contributed by atoms with van der Waals surface area (Å²) in [5, 5.41) is 5.72. The molecule has 21 heavy (non-hydrogen) atoms. The Labute approximate surface area is 129 Å². The average molecular weight is 300 g/mol. The first kappa shape index (κ1) is 13.2. The standard InChI is InChI=1S/C16H20N4S/c1-2-13(21-9-1)10-20-7-5-14-15(6-8-20)17-11-18-16(14)19-12-3-4-12/h1-2,9,11-12H,3-8,10H2,(H,17,18,19). The molecule has 0 amide bonds. The van der Waals surface area contributed by atoms with Crippen LogP contribution in [0.1, 0.15) is 29.0 Å². The number of thiophene rings is 1. The molecule has 0 radical (unpaired) electrons. The summed E-state index contributed by atoms with van der Waals surface area (Å²) in [5.41, 5.74) is 2.58. The molecule has 2 aromatic heterocycles. The van der Waals surface area contributed by atoms with E-state index < -0.39 is 0 Å². The number of nitrogens with one attached hydrogen (secondary N) is 1. The third-order valence-corrected chi connectivity index (χ3v) is 5.12. The van der Waals surface area contributed by atoms with Crippen LogP contribution in [0.2, 0.25) is 0 Å². The van der Waals surface area contributed by atoms with E-state index in [4.69, 9.17) is 0 Å². The summed E-state index contributed by atoms with van der Waals surface area (Å²) in [6.07, 6.45) is 6.37. The van der Waals surface area contributed by atoms with Crippen LogP contribution in [0.15, 0.2) is 23.8 Å². The molecule has 110 valence electrons. The molecule has 2 aliphatic rings. The van der Waals surface area contributed by atoms with Crippen LogP contribution in [-0.2, 0) is 19.4 Å². The van der Waals surface area contributed by atoms with Crippen LogP contribution < -0.4 is 5.32 Å². The van der Waals surface area contributed by atoms with Crippen LogP contribution in [0.4, 0.5) is 5.82 Å². The van der Waals surface area contributed by atoms with E-state index in [0.717, 1.165) is 38.3 Å². The highest BCUT2D eigenvalue weighted by Gasteiger charge is 2.25. The summed E-state index contributed by atoms with van der Waals surface area (Å²) in [6, 6.07) is 5.01. The molecule has 4 rings (SSSR count). The summed E-state index contributed by atoms with van der Waals surface area (Å²) in [7, 11) is 0. The van der Waals surface area contributed by atoms with Crippen molar-refractivity contribution in [2.45, 2.75) is 38.3 Å². The lowest BCUT2D eigenvalue weighted by molar-refractivity contribution is 0.281. The fourth-order valence-corrected chi connectivity index (χ4v) is 3.65. The van der Waals surface area contributed by atoms with Gasteiger partial charge in [-0.15, -0.1) is 11.3 Å². The van der Waals surface area contributed by atoms with E-state index in [0.29, 0.717) is 6.04 Å². The number of anilines is 1. The van der Waals surface area contributed by atoms with Gasteiger partial charge in [-0.1, -0.05) is 6.07 Å². The molecule has 2 aromatic rings. The van der Waals surface area contributed by atoms with Crippen LogP contribution in [0.3, 0.4) is 0 Å². The van der Waals surface area contributed by atoms with E-state index in [1.807, 2.05) is 11.3 Å². The summed E-state index contributed by atoms with van der Waals surface area (Å²) >= 11 is 1.85. The Hall–Kier alpha value is -1.46. The Morgan fingerprint density at radius 1 is 1.24 bits per heavy atom. The highest BCUT2D eigenvalue weighted by atomic mass is 32.1. The van der Waals surface area contributed by atoms with E-state index in [2.05, 4.69) is 37.7 Å². The van der Waals surface area contributed by atoms with Gasteiger partial charge in [0.15, 0.2) is 0 Å². The predicted octanol–water partition coefficient (Wildman–Crippen LogP) is 2.71. The number of nitrogens with zero attached hydrogens (tertiary/aromatic N) is 3. The zero-order chi connectivity index (χ0) is 14.1. The minimum absolute atomic E-state index is 0.648. The minimum atomic E-state index is 0.648. The maximum Gasteiger partial charge on any atom is 0.133 e. The second kappa shape index (κ2) is 5.73. The summed E-state index contributed by atoms with van der Waals surface area (Å²) in [5.74, 6) is 1.08. The second-order valence-electron chi connectivity index (χ2n) is 5.92. The topological polar surface area (TPSA) is 41.1 Å². The highest BCUT2D eigenvalue weighted by molar-refractivity contribution is 7.09. The summed E-state index contributed by atoms with van der Waals surface area (Å²) < 4.78 is 0. The van der Waals surface area contributed by atoms with E-state index in [9.17, 15) is 0 Å². The minimum Gasteiger partial charge on any atom is -0.367 e. The van der Waals surface area contributed by atoms with Gasteiger partial charge in [-0.05, 0) is 30.7 Å². The smallest absolute Gasteiger partial charge is 0.133 e. The SMILES string of the molecule is c1csc(CN2CCc3ncnc(NC4CC4)c3CC2)c1.